The molecule has 2 aliphatic rings. The first-order valence-electron chi connectivity index (χ1n) is 5.77. The van der Waals surface area contributed by atoms with Crippen LogP contribution in [0.15, 0.2) is 0 Å². The summed E-state index contributed by atoms with van der Waals surface area (Å²) in [7, 11) is 1.83. The van der Waals surface area contributed by atoms with Crippen molar-refractivity contribution in [3.63, 3.8) is 0 Å². The normalized spacial score (nSPS) is 40.3. The number of hydrogen-bond acceptors (Lipinski definition) is 3. The van der Waals surface area contributed by atoms with Gasteiger partial charge in [0.15, 0.2) is 0 Å². The Balaban J connectivity index is 1.79. The van der Waals surface area contributed by atoms with Crippen LogP contribution in [0.3, 0.4) is 0 Å². The second-order valence-electron chi connectivity index (χ2n) is 4.79. The topological polar surface area (TPSA) is 24.5 Å². The fraction of sp³-hybridized carbons (Fsp3) is 1.00. The maximum absolute atomic E-state index is 5.32. The molecule has 3 nitrogen and oxygen atoms in total. The molecule has 0 amide bonds. The zero-order chi connectivity index (χ0) is 9.97. The molecule has 1 N–H and O–H groups in total. The van der Waals surface area contributed by atoms with Crippen molar-refractivity contribution < 1.29 is 4.74 Å². The van der Waals surface area contributed by atoms with E-state index in [1.807, 2.05) is 7.11 Å². The smallest absolute Gasteiger partial charge is 0.0601 e. The summed E-state index contributed by atoms with van der Waals surface area (Å²) < 4.78 is 5.32. The first-order valence-corrected chi connectivity index (χ1v) is 5.77. The number of nitrogens with one attached hydrogen (secondary N) is 1. The molecule has 3 heteroatoms. The summed E-state index contributed by atoms with van der Waals surface area (Å²) in [6.45, 7) is 7.13. The van der Waals surface area contributed by atoms with Crippen molar-refractivity contribution in [1.82, 2.24) is 10.2 Å². The summed E-state index contributed by atoms with van der Waals surface area (Å²) in [5.41, 5.74) is 0. The van der Waals surface area contributed by atoms with Gasteiger partial charge in [-0.25, -0.2) is 0 Å². The number of hydrogen-bond donors (Lipinski definition) is 1. The van der Waals surface area contributed by atoms with E-state index < -0.39 is 0 Å². The predicted octanol–water partition coefficient (Wildman–Crippen LogP) is 0.705. The fourth-order valence-corrected chi connectivity index (χ4v) is 2.49. The summed E-state index contributed by atoms with van der Waals surface area (Å²) in [6, 6.07) is 0.794. The summed E-state index contributed by atoms with van der Waals surface area (Å²) in [5.74, 6) is 0.791. The van der Waals surface area contributed by atoms with Crippen molar-refractivity contribution in [2.24, 2.45) is 5.92 Å². The highest BCUT2D eigenvalue weighted by Crippen LogP contribution is 2.28. The number of rotatable bonds is 2. The third-order valence-electron chi connectivity index (χ3n) is 3.53. The molecule has 14 heavy (non-hydrogen) atoms. The molecule has 1 aliphatic carbocycles. The maximum atomic E-state index is 5.32. The average Bonchev–Trinajstić information content (AvgIpc) is 2.28. The number of methoxy groups -OCH3 is 1. The van der Waals surface area contributed by atoms with Crippen LogP contribution < -0.4 is 5.32 Å². The van der Waals surface area contributed by atoms with E-state index in [0.717, 1.165) is 18.5 Å². The Bertz CT molecular complexity index is 180. The molecular weight excluding hydrogens is 176 g/mol. The highest BCUT2D eigenvalue weighted by molar-refractivity contribution is 4.89. The Hall–Kier alpha value is -0.120. The second-order valence-corrected chi connectivity index (χ2v) is 4.79. The Labute approximate surface area is 86.8 Å². The number of ether oxygens (including phenoxy) is 1. The van der Waals surface area contributed by atoms with Gasteiger partial charge in [-0.05, 0) is 25.3 Å². The van der Waals surface area contributed by atoms with Gasteiger partial charge in [0.25, 0.3) is 0 Å². The second kappa shape index (κ2) is 4.60. The van der Waals surface area contributed by atoms with E-state index in [9.17, 15) is 0 Å². The lowest BCUT2D eigenvalue weighted by molar-refractivity contribution is -0.0278. The van der Waals surface area contributed by atoms with Crippen molar-refractivity contribution in [1.29, 1.82) is 0 Å². The van der Waals surface area contributed by atoms with Gasteiger partial charge in [0, 0.05) is 32.8 Å². The molecule has 1 saturated heterocycles. The van der Waals surface area contributed by atoms with Gasteiger partial charge in [-0.15, -0.1) is 0 Å². The molecular formula is C11H22N2O. The molecule has 0 aromatic rings. The minimum Gasteiger partial charge on any atom is -0.381 e. The molecule has 1 heterocycles. The van der Waals surface area contributed by atoms with E-state index in [4.69, 9.17) is 4.74 Å². The average molecular weight is 198 g/mol. The quantitative estimate of drug-likeness (QED) is 0.707. The summed E-state index contributed by atoms with van der Waals surface area (Å²) >= 11 is 0. The zero-order valence-electron chi connectivity index (χ0n) is 9.33. The first-order chi connectivity index (χ1) is 6.79. The molecule has 2 fully saturated rings. The molecule has 1 atom stereocenters. The zero-order valence-corrected chi connectivity index (χ0v) is 9.33. The minimum absolute atomic E-state index is 0.534. The first kappa shape index (κ1) is 10.4. The Morgan fingerprint density at radius 2 is 2.14 bits per heavy atom. The molecule has 82 valence electrons. The van der Waals surface area contributed by atoms with Gasteiger partial charge in [-0.1, -0.05) is 6.92 Å². The fourth-order valence-electron chi connectivity index (χ4n) is 2.49. The molecule has 1 saturated carbocycles. The molecule has 1 aliphatic heterocycles. The predicted molar refractivity (Wildman–Crippen MR) is 57.4 cm³/mol. The third kappa shape index (κ3) is 2.27. The Morgan fingerprint density at radius 3 is 2.86 bits per heavy atom. The van der Waals surface area contributed by atoms with E-state index in [-0.39, 0.29) is 0 Å². The molecule has 0 radical (unpaired) electrons. The SMILES string of the molecule is COC1CC(N2CCNCC(C)C2)C1. The van der Waals surface area contributed by atoms with Crippen LogP contribution in [0.1, 0.15) is 19.8 Å². The van der Waals surface area contributed by atoms with Crippen molar-refractivity contribution in [3.8, 4) is 0 Å². The van der Waals surface area contributed by atoms with Crippen molar-refractivity contribution in [2.45, 2.75) is 31.9 Å². The van der Waals surface area contributed by atoms with Crippen molar-refractivity contribution >= 4 is 0 Å². The van der Waals surface area contributed by atoms with Crippen LogP contribution >= 0.6 is 0 Å². The van der Waals surface area contributed by atoms with Crippen molar-refractivity contribution in [3.05, 3.63) is 0 Å². The van der Waals surface area contributed by atoms with Gasteiger partial charge < -0.3 is 10.1 Å². The summed E-state index contributed by atoms with van der Waals surface area (Å²) in [4.78, 5) is 2.64. The lowest BCUT2D eigenvalue weighted by atomic mass is 9.87. The largest absolute Gasteiger partial charge is 0.381 e. The van der Waals surface area contributed by atoms with Crippen LogP contribution in [0.5, 0.6) is 0 Å². The lowest BCUT2D eigenvalue weighted by Crippen LogP contribution is -2.49. The van der Waals surface area contributed by atoms with Crippen LogP contribution in [-0.4, -0.2) is 50.3 Å². The van der Waals surface area contributed by atoms with Gasteiger partial charge >= 0.3 is 0 Å². The monoisotopic (exact) mass is 198 g/mol. The molecule has 1 unspecified atom stereocenters. The van der Waals surface area contributed by atoms with E-state index >= 15 is 0 Å². The van der Waals surface area contributed by atoms with Gasteiger partial charge in [0.05, 0.1) is 6.10 Å². The van der Waals surface area contributed by atoms with E-state index in [1.54, 1.807) is 0 Å². The van der Waals surface area contributed by atoms with E-state index in [2.05, 4.69) is 17.1 Å². The molecule has 0 aromatic carbocycles. The van der Waals surface area contributed by atoms with Gasteiger partial charge in [-0.3, -0.25) is 4.90 Å². The molecule has 0 spiro atoms. The van der Waals surface area contributed by atoms with E-state index in [1.165, 1.54) is 32.5 Å². The standard InChI is InChI=1S/C11H22N2O/c1-9-7-12-3-4-13(8-9)10-5-11(6-10)14-2/h9-12H,3-8H2,1-2H3. The minimum atomic E-state index is 0.534. The van der Waals surface area contributed by atoms with Gasteiger partial charge in [-0.2, -0.15) is 0 Å². The van der Waals surface area contributed by atoms with Crippen molar-refractivity contribution in [2.75, 3.05) is 33.3 Å². The lowest BCUT2D eigenvalue weighted by Gasteiger charge is -2.42. The van der Waals surface area contributed by atoms with E-state index in [0.29, 0.717) is 6.10 Å². The van der Waals surface area contributed by atoms with Crippen LogP contribution in [0.4, 0.5) is 0 Å². The maximum Gasteiger partial charge on any atom is 0.0601 e. The summed E-state index contributed by atoms with van der Waals surface area (Å²) in [6.07, 6.45) is 3.01. The Morgan fingerprint density at radius 1 is 1.36 bits per heavy atom. The van der Waals surface area contributed by atoms with Crippen LogP contribution in [0.25, 0.3) is 0 Å². The molecule has 0 bridgehead atoms. The number of nitrogens with zero attached hydrogens (tertiary/aromatic N) is 1. The van der Waals surface area contributed by atoms with Crippen LogP contribution in [0, 0.1) is 5.92 Å². The summed E-state index contributed by atoms with van der Waals surface area (Å²) in [5, 5.41) is 3.48. The molecule has 0 aromatic heterocycles. The van der Waals surface area contributed by atoms with Crippen LogP contribution in [-0.2, 0) is 4.74 Å². The van der Waals surface area contributed by atoms with Crippen LogP contribution in [0.2, 0.25) is 0 Å². The molecule has 2 rings (SSSR count). The Kier molecular flexibility index (Phi) is 3.42. The highest BCUT2D eigenvalue weighted by Gasteiger charge is 2.34. The van der Waals surface area contributed by atoms with Gasteiger partial charge in [0.2, 0.25) is 0 Å². The third-order valence-corrected chi connectivity index (χ3v) is 3.53. The highest BCUT2D eigenvalue weighted by atomic mass is 16.5. The van der Waals surface area contributed by atoms with Gasteiger partial charge in [0.1, 0.15) is 0 Å².